The summed E-state index contributed by atoms with van der Waals surface area (Å²) in [6, 6.07) is 3.77. The lowest BCUT2D eigenvalue weighted by Crippen LogP contribution is -2.18. The van der Waals surface area contributed by atoms with Gasteiger partial charge in [-0.2, -0.15) is 0 Å². The third kappa shape index (κ3) is 4.14. The van der Waals surface area contributed by atoms with Gasteiger partial charge in [0.15, 0.2) is 0 Å². The normalized spacial score (nSPS) is 9.94. The van der Waals surface area contributed by atoms with Crippen molar-refractivity contribution in [3.05, 3.63) is 24.0 Å². The maximum Gasteiger partial charge on any atom is 0.225 e. The Hall–Kier alpha value is -1.95. The first-order valence-corrected chi connectivity index (χ1v) is 5.66. The van der Waals surface area contributed by atoms with E-state index in [1.54, 1.807) is 6.92 Å². The van der Waals surface area contributed by atoms with Crippen LogP contribution in [0.2, 0.25) is 0 Å². The number of nitrogens with two attached hydrogens (primary N) is 1. The molecule has 0 spiro atoms. The molecule has 0 bridgehead atoms. The number of hydrogen-bond donors (Lipinski definition) is 3. The molecule has 2 amide bonds. The lowest BCUT2D eigenvalue weighted by Gasteiger charge is -2.11. The van der Waals surface area contributed by atoms with Crippen LogP contribution in [0.1, 0.15) is 19.8 Å². The molecule has 4 N–H and O–H groups in total. The van der Waals surface area contributed by atoms with E-state index in [1.165, 1.54) is 12.1 Å². The highest BCUT2D eigenvalue weighted by atomic mass is 19.1. The molecular formula is C12H16FN3O2. The molecule has 0 atom stereocenters. The topological polar surface area (TPSA) is 84.2 Å². The van der Waals surface area contributed by atoms with E-state index < -0.39 is 5.82 Å². The van der Waals surface area contributed by atoms with Gasteiger partial charge in [-0.25, -0.2) is 4.39 Å². The van der Waals surface area contributed by atoms with Crippen LogP contribution in [0.15, 0.2) is 18.2 Å². The van der Waals surface area contributed by atoms with Gasteiger partial charge in [0.05, 0.1) is 11.4 Å². The Morgan fingerprint density at radius 2 is 1.89 bits per heavy atom. The zero-order valence-corrected chi connectivity index (χ0v) is 10.1. The van der Waals surface area contributed by atoms with Crippen LogP contribution >= 0.6 is 0 Å². The van der Waals surface area contributed by atoms with Crippen molar-refractivity contribution < 1.29 is 14.0 Å². The minimum absolute atomic E-state index is 0.137. The summed E-state index contributed by atoms with van der Waals surface area (Å²) in [5, 5.41) is 5.09. The molecule has 0 aromatic heterocycles. The van der Waals surface area contributed by atoms with Gasteiger partial charge in [-0.1, -0.05) is 6.92 Å². The number of carbonyl (C=O) groups is 2. The molecule has 5 nitrogen and oxygen atoms in total. The van der Waals surface area contributed by atoms with E-state index in [2.05, 4.69) is 10.6 Å². The lowest BCUT2D eigenvalue weighted by molar-refractivity contribution is -0.116. The molecule has 0 unspecified atom stereocenters. The van der Waals surface area contributed by atoms with Gasteiger partial charge in [-0.05, 0) is 18.2 Å². The molecule has 0 aliphatic heterocycles. The summed E-state index contributed by atoms with van der Waals surface area (Å²) in [5.74, 6) is -1.03. The fourth-order valence-corrected chi connectivity index (χ4v) is 1.31. The van der Waals surface area contributed by atoms with Gasteiger partial charge in [0.25, 0.3) is 0 Å². The molecule has 0 saturated heterocycles. The molecular weight excluding hydrogens is 237 g/mol. The Labute approximate surface area is 105 Å². The predicted molar refractivity (Wildman–Crippen MR) is 67.6 cm³/mol. The van der Waals surface area contributed by atoms with Crippen molar-refractivity contribution >= 4 is 23.2 Å². The molecule has 18 heavy (non-hydrogen) atoms. The highest BCUT2D eigenvalue weighted by Crippen LogP contribution is 2.23. The fraction of sp³-hybridized carbons (Fsp3) is 0.333. The Morgan fingerprint density at radius 3 is 2.50 bits per heavy atom. The summed E-state index contributed by atoms with van der Waals surface area (Å²) in [6.07, 6.45) is 0.436. The second-order valence-electron chi connectivity index (χ2n) is 3.68. The van der Waals surface area contributed by atoms with Crippen molar-refractivity contribution in [2.45, 2.75) is 19.8 Å². The molecule has 1 rings (SSSR count). The largest absolute Gasteiger partial charge is 0.330 e. The SMILES string of the molecule is CCC(=O)Nc1ccc(F)cc1NC(=O)CCN. The van der Waals surface area contributed by atoms with Crippen LogP contribution in [0, 0.1) is 5.82 Å². The van der Waals surface area contributed by atoms with Crippen molar-refractivity contribution in [3.63, 3.8) is 0 Å². The van der Waals surface area contributed by atoms with Gasteiger partial charge in [0, 0.05) is 19.4 Å². The molecule has 0 aliphatic rings. The first-order chi connectivity index (χ1) is 8.56. The van der Waals surface area contributed by atoms with Crippen LogP contribution in [0.3, 0.4) is 0 Å². The lowest BCUT2D eigenvalue weighted by atomic mass is 10.2. The molecule has 1 aromatic carbocycles. The third-order valence-corrected chi connectivity index (χ3v) is 2.22. The average Bonchev–Trinajstić information content (AvgIpc) is 2.32. The van der Waals surface area contributed by atoms with Crippen LogP contribution in [0.4, 0.5) is 15.8 Å². The summed E-state index contributed by atoms with van der Waals surface area (Å²) in [4.78, 5) is 22.7. The van der Waals surface area contributed by atoms with Crippen LogP contribution in [-0.2, 0) is 9.59 Å². The summed E-state index contributed by atoms with van der Waals surface area (Å²) < 4.78 is 13.1. The maximum atomic E-state index is 13.1. The smallest absolute Gasteiger partial charge is 0.225 e. The second-order valence-corrected chi connectivity index (χ2v) is 3.68. The molecule has 0 radical (unpaired) electrons. The van der Waals surface area contributed by atoms with Crippen LogP contribution in [0.5, 0.6) is 0 Å². The van der Waals surface area contributed by atoms with E-state index in [4.69, 9.17) is 5.73 Å². The highest BCUT2D eigenvalue weighted by Gasteiger charge is 2.09. The van der Waals surface area contributed by atoms with Crippen LogP contribution in [-0.4, -0.2) is 18.4 Å². The Kier molecular flexibility index (Phi) is 5.26. The first kappa shape index (κ1) is 14.1. The van der Waals surface area contributed by atoms with Gasteiger partial charge < -0.3 is 16.4 Å². The van der Waals surface area contributed by atoms with Gasteiger partial charge >= 0.3 is 0 Å². The number of benzene rings is 1. The van der Waals surface area contributed by atoms with E-state index in [0.29, 0.717) is 12.1 Å². The van der Waals surface area contributed by atoms with Gasteiger partial charge in [0.1, 0.15) is 5.82 Å². The molecule has 98 valence electrons. The standard InChI is InChI=1S/C12H16FN3O2/c1-2-11(17)15-9-4-3-8(13)7-10(9)16-12(18)5-6-14/h3-4,7H,2,5-6,14H2,1H3,(H,15,17)(H,16,18). The third-order valence-electron chi connectivity index (χ3n) is 2.22. The van der Waals surface area contributed by atoms with Crippen molar-refractivity contribution in [2.75, 3.05) is 17.2 Å². The van der Waals surface area contributed by atoms with Crippen LogP contribution < -0.4 is 16.4 Å². The quantitative estimate of drug-likeness (QED) is 0.742. The number of nitrogens with one attached hydrogen (secondary N) is 2. The monoisotopic (exact) mass is 253 g/mol. The highest BCUT2D eigenvalue weighted by molar-refractivity contribution is 5.99. The van der Waals surface area contributed by atoms with Gasteiger partial charge in [0.2, 0.25) is 11.8 Å². The summed E-state index contributed by atoms with van der Waals surface area (Å²) in [6.45, 7) is 1.91. The summed E-state index contributed by atoms with van der Waals surface area (Å²) in [7, 11) is 0. The second kappa shape index (κ2) is 6.70. The number of carbonyl (C=O) groups excluding carboxylic acids is 2. The predicted octanol–water partition coefficient (Wildman–Crippen LogP) is 1.46. The number of amides is 2. The maximum absolute atomic E-state index is 13.1. The number of rotatable bonds is 5. The van der Waals surface area contributed by atoms with E-state index in [-0.39, 0.29) is 30.5 Å². The van der Waals surface area contributed by atoms with E-state index in [9.17, 15) is 14.0 Å². The van der Waals surface area contributed by atoms with Crippen molar-refractivity contribution in [1.82, 2.24) is 0 Å². The zero-order chi connectivity index (χ0) is 13.5. The molecule has 0 heterocycles. The minimum Gasteiger partial charge on any atom is -0.330 e. The van der Waals surface area contributed by atoms with E-state index >= 15 is 0 Å². The fourth-order valence-electron chi connectivity index (χ4n) is 1.31. The Balaban J connectivity index is 2.89. The number of hydrogen-bond acceptors (Lipinski definition) is 3. The van der Waals surface area contributed by atoms with Gasteiger partial charge in [-0.3, -0.25) is 9.59 Å². The van der Waals surface area contributed by atoms with Crippen LogP contribution in [0.25, 0.3) is 0 Å². The molecule has 1 aromatic rings. The van der Waals surface area contributed by atoms with Crippen molar-refractivity contribution in [2.24, 2.45) is 5.73 Å². The zero-order valence-electron chi connectivity index (χ0n) is 10.1. The minimum atomic E-state index is -0.493. The molecule has 6 heteroatoms. The summed E-state index contributed by atoms with van der Waals surface area (Å²) >= 11 is 0. The average molecular weight is 253 g/mol. The number of anilines is 2. The van der Waals surface area contributed by atoms with E-state index in [1.807, 2.05) is 0 Å². The van der Waals surface area contributed by atoms with E-state index in [0.717, 1.165) is 6.07 Å². The Morgan fingerprint density at radius 1 is 1.22 bits per heavy atom. The first-order valence-electron chi connectivity index (χ1n) is 5.66. The molecule has 0 aliphatic carbocycles. The Bertz CT molecular complexity index is 449. The number of halogens is 1. The van der Waals surface area contributed by atoms with Crippen molar-refractivity contribution in [3.8, 4) is 0 Å². The summed E-state index contributed by atoms with van der Waals surface area (Å²) in [5.41, 5.74) is 5.85. The van der Waals surface area contributed by atoms with Crippen molar-refractivity contribution in [1.29, 1.82) is 0 Å². The molecule has 0 saturated carbocycles. The van der Waals surface area contributed by atoms with Gasteiger partial charge in [-0.15, -0.1) is 0 Å². The molecule has 0 fully saturated rings.